The van der Waals surface area contributed by atoms with Crippen molar-refractivity contribution in [2.45, 2.75) is 46.0 Å². The minimum absolute atomic E-state index is 0.203. The highest BCUT2D eigenvalue weighted by Gasteiger charge is 2.07. The monoisotopic (exact) mass is 218 g/mol. The Bertz CT molecular complexity index is 300. The van der Waals surface area contributed by atoms with Crippen LogP contribution < -0.4 is 0 Å². The summed E-state index contributed by atoms with van der Waals surface area (Å²) in [6.07, 6.45) is 6.67. The van der Waals surface area contributed by atoms with Crippen LogP contribution in [0, 0.1) is 12.8 Å². The first-order valence-electron chi connectivity index (χ1n) is 6.27. The molecule has 0 aliphatic carbocycles. The summed E-state index contributed by atoms with van der Waals surface area (Å²) in [5.41, 5.74) is 2.55. The zero-order valence-corrected chi connectivity index (χ0v) is 10.4. The maximum atomic E-state index is 11.0. The molecule has 16 heavy (non-hydrogen) atoms. The number of hydrogen-bond acceptors (Lipinski definition) is 1. The van der Waals surface area contributed by atoms with Gasteiger partial charge in [0.1, 0.15) is 6.29 Å². The molecule has 0 N–H and O–H groups in total. The molecule has 1 unspecified atom stereocenters. The van der Waals surface area contributed by atoms with E-state index in [-0.39, 0.29) is 5.92 Å². The van der Waals surface area contributed by atoms with Gasteiger partial charge >= 0.3 is 0 Å². The Morgan fingerprint density at radius 1 is 1.19 bits per heavy atom. The molecule has 1 aromatic rings. The quantitative estimate of drug-likeness (QED) is 0.500. The number of rotatable bonds is 7. The number of unbranched alkanes of at least 4 members (excludes halogenated alkanes) is 2. The van der Waals surface area contributed by atoms with Crippen molar-refractivity contribution < 1.29 is 4.79 Å². The fraction of sp³-hybridized carbons (Fsp3) is 0.533. The number of hydrogen-bond donors (Lipinski definition) is 0. The molecule has 0 aromatic heterocycles. The molecule has 0 bridgehead atoms. The van der Waals surface area contributed by atoms with Crippen LogP contribution in [0.3, 0.4) is 0 Å². The van der Waals surface area contributed by atoms with Crippen molar-refractivity contribution in [2.75, 3.05) is 0 Å². The van der Waals surface area contributed by atoms with Crippen LogP contribution in [-0.2, 0) is 11.2 Å². The van der Waals surface area contributed by atoms with Gasteiger partial charge in [-0.05, 0) is 25.3 Å². The second-order valence-electron chi connectivity index (χ2n) is 4.58. The predicted octanol–water partition coefficient (Wildman–Crippen LogP) is 3.93. The molecule has 0 saturated heterocycles. The molecule has 0 fully saturated rings. The topological polar surface area (TPSA) is 17.1 Å². The molecule has 1 nitrogen and oxygen atoms in total. The fourth-order valence-electron chi connectivity index (χ4n) is 1.90. The van der Waals surface area contributed by atoms with Gasteiger partial charge in [0, 0.05) is 5.92 Å². The zero-order chi connectivity index (χ0) is 11.8. The van der Waals surface area contributed by atoms with Crippen molar-refractivity contribution in [1.82, 2.24) is 0 Å². The van der Waals surface area contributed by atoms with Gasteiger partial charge in [-0.25, -0.2) is 0 Å². The molecule has 0 saturated carbocycles. The van der Waals surface area contributed by atoms with E-state index >= 15 is 0 Å². The number of carbonyl (C=O) groups excluding carboxylic acids is 1. The first-order chi connectivity index (χ1) is 7.76. The van der Waals surface area contributed by atoms with Crippen molar-refractivity contribution in [2.24, 2.45) is 5.92 Å². The molecule has 0 radical (unpaired) electrons. The lowest BCUT2D eigenvalue weighted by molar-refractivity contribution is -0.111. The molecular formula is C15H22O. The summed E-state index contributed by atoms with van der Waals surface area (Å²) in [6, 6.07) is 8.49. The van der Waals surface area contributed by atoms with E-state index in [0.29, 0.717) is 0 Å². The van der Waals surface area contributed by atoms with Crippen molar-refractivity contribution in [3.05, 3.63) is 35.4 Å². The SMILES string of the molecule is CCCCCC(C=O)Cc1ccc(C)cc1. The van der Waals surface area contributed by atoms with E-state index in [2.05, 4.69) is 38.1 Å². The highest BCUT2D eigenvalue weighted by molar-refractivity contribution is 5.54. The Morgan fingerprint density at radius 2 is 1.88 bits per heavy atom. The van der Waals surface area contributed by atoms with Gasteiger partial charge in [-0.1, -0.05) is 56.0 Å². The van der Waals surface area contributed by atoms with E-state index in [9.17, 15) is 4.79 Å². The highest BCUT2D eigenvalue weighted by Crippen LogP contribution is 2.14. The maximum Gasteiger partial charge on any atom is 0.123 e. The lowest BCUT2D eigenvalue weighted by Crippen LogP contribution is -2.06. The van der Waals surface area contributed by atoms with E-state index in [1.165, 1.54) is 30.4 Å². The average Bonchev–Trinajstić information content (AvgIpc) is 2.31. The average molecular weight is 218 g/mol. The number of aldehydes is 1. The highest BCUT2D eigenvalue weighted by atomic mass is 16.1. The van der Waals surface area contributed by atoms with Crippen LogP contribution in [0.5, 0.6) is 0 Å². The van der Waals surface area contributed by atoms with Crippen molar-refractivity contribution in [3.63, 3.8) is 0 Å². The van der Waals surface area contributed by atoms with Crippen molar-refractivity contribution in [1.29, 1.82) is 0 Å². The Morgan fingerprint density at radius 3 is 2.44 bits per heavy atom. The summed E-state index contributed by atoms with van der Waals surface area (Å²) in [6.45, 7) is 4.28. The molecule has 1 heteroatoms. The predicted molar refractivity (Wildman–Crippen MR) is 68.6 cm³/mol. The van der Waals surface area contributed by atoms with Crippen LogP contribution in [0.2, 0.25) is 0 Å². The van der Waals surface area contributed by atoms with Gasteiger partial charge in [0.2, 0.25) is 0 Å². The summed E-state index contributed by atoms with van der Waals surface area (Å²) < 4.78 is 0. The minimum Gasteiger partial charge on any atom is -0.303 e. The largest absolute Gasteiger partial charge is 0.303 e. The molecular weight excluding hydrogens is 196 g/mol. The van der Waals surface area contributed by atoms with E-state index in [1.807, 2.05) is 0 Å². The third kappa shape index (κ3) is 4.61. The van der Waals surface area contributed by atoms with Gasteiger partial charge in [0.15, 0.2) is 0 Å². The number of aryl methyl sites for hydroxylation is 1. The molecule has 0 amide bonds. The Hall–Kier alpha value is -1.11. The van der Waals surface area contributed by atoms with Gasteiger partial charge in [-0.2, -0.15) is 0 Å². The molecule has 0 aliphatic heterocycles. The first kappa shape index (κ1) is 13.0. The van der Waals surface area contributed by atoms with Crippen LogP contribution in [-0.4, -0.2) is 6.29 Å². The van der Waals surface area contributed by atoms with Crippen LogP contribution in [0.15, 0.2) is 24.3 Å². The summed E-state index contributed by atoms with van der Waals surface area (Å²) in [5, 5.41) is 0. The summed E-state index contributed by atoms with van der Waals surface area (Å²) in [7, 11) is 0. The molecule has 1 rings (SSSR count). The van der Waals surface area contributed by atoms with E-state index in [1.54, 1.807) is 0 Å². The molecule has 0 spiro atoms. The molecule has 1 atom stereocenters. The first-order valence-corrected chi connectivity index (χ1v) is 6.27. The standard InChI is InChI=1S/C15H22O/c1-3-4-5-6-15(12-16)11-14-9-7-13(2)8-10-14/h7-10,12,15H,3-6,11H2,1-2H3. The summed E-state index contributed by atoms with van der Waals surface area (Å²) in [4.78, 5) is 11.0. The van der Waals surface area contributed by atoms with Crippen LogP contribution in [0.1, 0.15) is 43.7 Å². The lowest BCUT2D eigenvalue weighted by Gasteiger charge is -2.10. The van der Waals surface area contributed by atoms with Gasteiger partial charge in [0.05, 0.1) is 0 Å². The normalized spacial score (nSPS) is 12.4. The van der Waals surface area contributed by atoms with Crippen molar-refractivity contribution in [3.8, 4) is 0 Å². The fourth-order valence-corrected chi connectivity index (χ4v) is 1.90. The molecule has 0 aliphatic rings. The van der Waals surface area contributed by atoms with Crippen LogP contribution >= 0.6 is 0 Å². The van der Waals surface area contributed by atoms with Crippen LogP contribution in [0.25, 0.3) is 0 Å². The Kier molecular flexibility index (Phi) is 5.84. The third-order valence-electron chi connectivity index (χ3n) is 2.99. The third-order valence-corrected chi connectivity index (χ3v) is 2.99. The second kappa shape index (κ2) is 7.21. The summed E-state index contributed by atoms with van der Waals surface area (Å²) in [5.74, 6) is 0.203. The number of carbonyl (C=O) groups is 1. The van der Waals surface area contributed by atoms with E-state index in [0.717, 1.165) is 19.1 Å². The van der Waals surface area contributed by atoms with Gasteiger partial charge in [-0.15, -0.1) is 0 Å². The van der Waals surface area contributed by atoms with Gasteiger partial charge in [-0.3, -0.25) is 0 Å². The minimum atomic E-state index is 0.203. The van der Waals surface area contributed by atoms with E-state index in [4.69, 9.17) is 0 Å². The molecule has 0 heterocycles. The smallest absolute Gasteiger partial charge is 0.123 e. The Balaban J connectivity index is 2.43. The van der Waals surface area contributed by atoms with Gasteiger partial charge < -0.3 is 4.79 Å². The van der Waals surface area contributed by atoms with Crippen molar-refractivity contribution >= 4 is 6.29 Å². The van der Waals surface area contributed by atoms with E-state index < -0.39 is 0 Å². The zero-order valence-electron chi connectivity index (χ0n) is 10.4. The van der Waals surface area contributed by atoms with Gasteiger partial charge in [0.25, 0.3) is 0 Å². The lowest BCUT2D eigenvalue weighted by atomic mass is 9.95. The number of benzene rings is 1. The molecule has 88 valence electrons. The summed E-state index contributed by atoms with van der Waals surface area (Å²) >= 11 is 0. The Labute approximate surface area is 98.9 Å². The second-order valence-corrected chi connectivity index (χ2v) is 4.58. The maximum absolute atomic E-state index is 11.0. The van der Waals surface area contributed by atoms with Crippen LogP contribution in [0.4, 0.5) is 0 Å². The molecule has 1 aromatic carbocycles.